The third-order valence-corrected chi connectivity index (χ3v) is 7.69. The Hall–Kier alpha value is -3.92. The second-order valence-electron chi connectivity index (χ2n) is 9.93. The van der Waals surface area contributed by atoms with Gasteiger partial charge >= 0.3 is 6.09 Å². The maximum absolute atomic E-state index is 13.9. The standard InChI is InChI=1S/C27H25ClFN5O4/c28-15-5-8-20-19(11-15)27(38-26(37)33-20)9-10-34(14-27)25(36)18-3-1-2-4-23(35)31-21-12-16(29)6-7-17(21)22-13-30-24(18)32-22/h5-8,11-13,18H,1-4,9-10,14H2,(H,30,32)(H,31,35)(H,33,37)/t18-,27+/m1/s1. The van der Waals surface area contributed by atoms with Crippen molar-refractivity contribution in [1.82, 2.24) is 14.9 Å². The average Bonchev–Trinajstić information content (AvgIpc) is 3.52. The molecule has 6 rings (SSSR count). The number of aromatic amines is 1. The number of halogens is 2. The predicted molar refractivity (Wildman–Crippen MR) is 138 cm³/mol. The summed E-state index contributed by atoms with van der Waals surface area (Å²) in [5, 5.41) is 6.01. The number of nitrogens with one attached hydrogen (secondary N) is 3. The van der Waals surface area contributed by atoms with E-state index < -0.39 is 23.4 Å². The molecule has 1 fully saturated rings. The molecule has 0 unspecified atom stereocenters. The molecule has 4 heterocycles. The van der Waals surface area contributed by atoms with Crippen LogP contribution in [0.5, 0.6) is 0 Å². The molecule has 1 aromatic heterocycles. The quantitative estimate of drug-likeness (QED) is 0.397. The first-order valence-electron chi connectivity index (χ1n) is 12.5. The fraction of sp³-hybridized carbons (Fsp3) is 0.333. The van der Waals surface area contributed by atoms with Gasteiger partial charge in [-0.1, -0.05) is 18.0 Å². The van der Waals surface area contributed by atoms with Gasteiger partial charge in [0, 0.05) is 35.5 Å². The second-order valence-corrected chi connectivity index (χ2v) is 10.4. The maximum atomic E-state index is 13.9. The van der Waals surface area contributed by atoms with Crippen molar-refractivity contribution in [3.63, 3.8) is 0 Å². The van der Waals surface area contributed by atoms with Gasteiger partial charge in [0.25, 0.3) is 0 Å². The normalized spacial score (nSPS) is 22.9. The summed E-state index contributed by atoms with van der Waals surface area (Å²) in [5.41, 5.74) is 1.88. The SMILES string of the molecule is O=C1CCCC[C@@H](C(=O)N2CC[C@@]3(C2)OC(=O)Nc2ccc(Cl)cc23)c2ncc([nH]2)-c2ccc(F)cc2N1. The summed E-state index contributed by atoms with van der Waals surface area (Å²) >= 11 is 6.25. The molecule has 2 bridgehead atoms. The highest BCUT2D eigenvalue weighted by molar-refractivity contribution is 6.30. The molecule has 0 aliphatic carbocycles. The van der Waals surface area contributed by atoms with Gasteiger partial charge in [0.1, 0.15) is 11.6 Å². The van der Waals surface area contributed by atoms with Gasteiger partial charge in [0.15, 0.2) is 5.60 Å². The molecule has 3 aromatic rings. The van der Waals surface area contributed by atoms with E-state index in [2.05, 4.69) is 20.6 Å². The molecule has 3 N–H and O–H groups in total. The molecule has 38 heavy (non-hydrogen) atoms. The first-order valence-corrected chi connectivity index (χ1v) is 12.9. The Labute approximate surface area is 222 Å². The number of carbonyl (C=O) groups is 3. The number of rotatable bonds is 1. The number of nitrogens with zero attached hydrogens (tertiary/aromatic N) is 2. The zero-order valence-corrected chi connectivity index (χ0v) is 21.1. The van der Waals surface area contributed by atoms with E-state index >= 15 is 0 Å². The minimum atomic E-state index is -0.987. The Kier molecular flexibility index (Phi) is 6.06. The second kappa shape index (κ2) is 9.43. The Balaban J connectivity index is 1.31. The molecule has 2 aromatic carbocycles. The van der Waals surface area contributed by atoms with Crippen LogP contribution >= 0.6 is 11.6 Å². The fourth-order valence-electron chi connectivity index (χ4n) is 5.59. The molecule has 1 spiro atoms. The average molecular weight is 538 g/mol. The predicted octanol–water partition coefficient (Wildman–Crippen LogP) is 5.16. The molecule has 0 saturated carbocycles. The van der Waals surface area contributed by atoms with Gasteiger partial charge in [-0.15, -0.1) is 0 Å². The van der Waals surface area contributed by atoms with Crippen molar-refractivity contribution in [2.24, 2.45) is 0 Å². The number of anilines is 2. The summed E-state index contributed by atoms with van der Waals surface area (Å²) in [6, 6.07) is 9.36. The molecule has 11 heteroatoms. The van der Waals surface area contributed by atoms with Gasteiger partial charge in [-0.05, 0) is 49.2 Å². The lowest BCUT2D eigenvalue weighted by Gasteiger charge is -2.35. The van der Waals surface area contributed by atoms with Gasteiger partial charge in [0.2, 0.25) is 11.8 Å². The highest BCUT2D eigenvalue weighted by atomic mass is 35.5. The highest BCUT2D eigenvalue weighted by Gasteiger charge is 2.49. The number of amides is 3. The third kappa shape index (κ3) is 4.38. The molecule has 9 nitrogen and oxygen atoms in total. The van der Waals surface area contributed by atoms with Crippen LogP contribution in [0.4, 0.5) is 20.6 Å². The first-order chi connectivity index (χ1) is 18.3. The summed E-state index contributed by atoms with van der Waals surface area (Å²) < 4.78 is 19.7. The lowest BCUT2D eigenvalue weighted by atomic mass is 9.90. The van der Waals surface area contributed by atoms with Crippen LogP contribution in [0.1, 0.15) is 49.4 Å². The van der Waals surface area contributed by atoms with Crippen LogP contribution < -0.4 is 10.6 Å². The van der Waals surface area contributed by atoms with Gasteiger partial charge in [0.05, 0.1) is 35.7 Å². The number of aromatic nitrogens is 2. The molecule has 1 saturated heterocycles. The van der Waals surface area contributed by atoms with E-state index in [9.17, 15) is 18.8 Å². The van der Waals surface area contributed by atoms with Crippen molar-refractivity contribution in [2.45, 2.75) is 43.6 Å². The number of H-pyrrole nitrogens is 1. The van der Waals surface area contributed by atoms with Crippen LogP contribution in [-0.4, -0.2) is 45.9 Å². The summed E-state index contributed by atoms with van der Waals surface area (Å²) in [6.45, 7) is 0.591. The first kappa shape index (κ1) is 24.4. The summed E-state index contributed by atoms with van der Waals surface area (Å²) in [7, 11) is 0. The zero-order chi connectivity index (χ0) is 26.4. The van der Waals surface area contributed by atoms with E-state index in [0.29, 0.717) is 65.7 Å². The topological polar surface area (TPSA) is 116 Å². The minimum Gasteiger partial charge on any atom is -0.436 e. The lowest BCUT2D eigenvalue weighted by molar-refractivity contribution is -0.133. The molecule has 0 radical (unpaired) electrons. The molecule has 196 valence electrons. The summed E-state index contributed by atoms with van der Waals surface area (Å²) in [6.07, 6.45) is 3.39. The molecule has 3 aliphatic heterocycles. The smallest absolute Gasteiger partial charge is 0.412 e. The maximum Gasteiger partial charge on any atom is 0.412 e. The van der Waals surface area contributed by atoms with Crippen molar-refractivity contribution >= 4 is 40.9 Å². The Morgan fingerprint density at radius 2 is 2.00 bits per heavy atom. The van der Waals surface area contributed by atoms with Crippen molar-refractivity contribution in [1.29, 1.82) is 0 Å². The van der Waals surface area contributed by atoms with Crippen LogP contribution in [0.3, 0.4) is 0 Å². The summed E-state index contributed by atoms with van der Waals surface area (Å²) in [5.74, 6) is -0.901. The molecular weight excluding hydrogens is 513 g/mol. The van der Waals surface area contributed by atoms with Crippen LogP contribution in [0.25, 0.3) is 11.3 Å². The van der Waals surface area contributed by atoms with E-state index in [0.717, 1.165) is 5.56 Å². The van der Waals surface area contributed by atoms with E-state index in [1.807, 2.05) is 0 Å². The largest absolute Gasteiger partial charge is 0.436 e. The van der Waals surface area contributed by atoms with Gasteiger partial charge in [-0.25, -0.2) is 14.2 Å². The number of likely N-dealkylation sites (tertiary alicyclic amines) is 1. The molecule has 3 aliphatic rings. The van der Waals surface area contributed by atoms with Crippen LogP contribution in [0.15, 0.2) is 42.6 Å². The number of hydrogen-bond acceptors (Lipinski definition) is 5. The van der Waals surface area contributed by atoms with E-state index in [1.165, 1.54) is 12.1 Å². The van der Waals surface area contributed by atoms with E-state index in [-0.39, 0.29) is 24.8 Å². The van der Waals surface area contributed by atoms with Crippen molar-refractivity contribution in [3.8, 4) is 11.3 Å². The van der Waals surface area contributed by atoms with Crippen molar-refractivity contribution in [3.05, 3.63) is 64.8 Å². The monoisotopic (exact) mass is 537 g/mol. The van der Waals surface area contributed by atoms with Gasteiger partial charge in [-0.3, -0.25) is 14.9 Å². The zero-order valence-electron chi connectivity index (χ0n) is 20.4. The van der Waals surface area contributed by atoms with Gasteiger partial charge in [-0.2, -0.15) is 0 Å². The van der Waals surface area contributed by atoms with E-state index in [4.69, 9.17) is 16.3 Å². The number of ether oxygens (including phenoxy) is 1. The minimum absolute atomic E-state index is 0.137. The highest BCUT2D eigenvalue weighted by Crippen LogP contribution is 2.44. The Morgan fingerprint density at radius 3 is 2.87 bits per heavy atom. The van der Waals surface area contributed by atoms with Crippen LogP contribution in [0, 0.1) is 5.82 Å². The van der Waals surface area contributed by atoms with E-state index in [1.54, 1.807) is 35.4 Å². The lowest BCUT2D eigenvalue weighted by Crippen LogP contribution is -2.43. The Morgan fingerprint density at radius 1 is 1.13 bits per heavy atom. The fourth-order valence-corrected chi connectivity index (χ4v) is 5.77. The number of carbonyl (C=O) groups excluding carboxylic acids is 3. The summed E-state index contributed by atoms with van der Waals surface area (Å²) in [4.78, 5) is 48.2. The molecule has 2 atom stereocenters. The van der Waals surface area contributed by atoms with Crippen molar-refractivity contribution < 1.29 is 23.5 Å². The van der Waals surface area contributed by atoms with Crippen molar-refractivity contribution in [2.75, 3.05) is 23.7 Å². The van der Waals surface area contributed by atoms with Gasteiger partial charge < -0.3 is 19.9 Å². The number of imidazole rings is 1. The number of hydrogen-bond donors (Lipinski definition) is 3. The van der Waals surface area contributed by atoms with Crippen LogP contribution in [-0.2, 0) is 19.9 Å². The molecular formula is C27H25ClFN5O4. The molecule has 3 amide bonds. The Bertz CT molecular complexity index is 1460. The van der Waals surface area contributed by atoms with Crippen LogP contribution in [0.2, 0.25) is 5.02 Å². The third-order valence-electron chi connectivity index (χ3n) is 7.46. The number of benzene rings is 2. The number of fused-ring (bicyclic) bond motifs is 6.